The smallest absolute Gasteiger partial charge is 0.228 e. The second-order valence-corrected chi connectivity index (χ2v) is 5.76. The number of nitriles is 1. The minimum absolute atomic E-state index is 0.448. The molecule has 0 atom stereocenters. The lowest BCUT2D eigenvalue weighted by Crippen LogP contribution is -2.20. The summed E-state index contributed by atoms with van der Waals surface area (Å²) in [6.07, 6.45) is 7.36. The highest BCUT2D eigenvalue weighted by molar-refractivity contribution is 5.66. The van der Waals surface area contributed by atoms with Gasteiger partial charge in [0.15, 0.2) is 0 Å². The molecule has 1 fully saturated rings. The van der Waals surface area contributed by atoms with Crippen molar-refractivity contribution in [3.05, 3.63) is 42.4 Å². The standard InChI is InChI=1S/C17H16N8/c18-10-12-9-13(11-20-16(12)25-7-1-2-8-25)14-3-5-19-17(22-14)23-15-4-6-21-24-15/h3-6,9,11H,1-2,7-8H2,(H2,19,21,22,23,24). The molecule has 1 saturated heterocycles. The number of hydrogen-bond acceptors (Lipinski definition) is 7. The van der Waals surface area contributed by atoms with E-state index in [-0.39, 0.29) is 0 Å². The Bertz CT molecular complexity index is 907. The van der Waals surface area contributed by atoms with Crippen LogP contribution in [-0.2, 0) is 0 Å². The molecule has 0 saturated carbocycles. The van der Waals surface area contributed by atoms with Gasteiger partial charge in [-0.15, -0.1) is 0 Å². The van der Waals surface area contributed by atoms with Crippen molar-refractivity contribution in [1.29, 1.82) is 5.26 Å². The van der Waals surface area contributed by atoms with Crippen molar-refractivity contribution in [3.63, 3.8) is 0 Å². The van der Waals surface area contributed by atoms with Crippen molar-refractivity contribution in [2.24, 2.45) is 0 Å². The van der Waals surface area contributed by atoms with Gasteiger partial charge in [-0.3, -0.25) is 5.10 Å². The maximum absolute atomic E-state index is 9.50. The van der Waals surface area contributed by atoms with E-state index < -0.39 is 0 Å². The van der Waals surface area contributed by atoms with E-state index in [2.05, 4.69) is 41.4 Å². The number of nitrogens with one attached hydrogen (secondary N) is 2. The predicted molar refractivity (Wildman–Crippen MR) is 93.3 cm³/mol. The molecule has 0 spiro atoms. The van der Waals surface area contributed by atoms with E-state index in [1.165, 1.54) is 0 Å². The van der Waals surface area contributed by atoms with Crippen LogP contribution in [0.25, 0.3) is 11.3 Å². The fraction of sp³-hybridized carbons (Fsp3) is 0.235. The summed E-state index contributed by atoms with van der Waals surface area (Å²) in [5.41, 5.74) is 2.06. The molecule has 0 unspecified atom stereocenters. The van der Waals surface area contributed by atoms with Gasteiger partial charge in [0, 0.05) is 37.1 Å². The molecule has 1 aliphatic heterocycles. The third-order valence-corrected chi connectivity index (χ3v) is 4.09. The van der Waals surface area contributed by atoms with Crippen molar-refractivity contribution in [2.75, 3.05) is 23.3 Å². The molecule has 2 N–H and O–H groups in total. The Balaban J connectivity index is 1.64. The summed E-state index contributed by atoms with van der Waals surface area (Å²) in [6, 6.07) is 7.68. The Labute approximate surface area is 144 Å². The molecular weight excluding hydrogens is 316 g/mol. The van der Waals surface area contributed by atoms with Gasteiger partial charge in [0.05, 0.1) is 17.5 Å². The van der Waals surface area contributed by atoms with Crippen molar-refractivity contribution >= 4 is 17.6 Å². The van der Waals surface area contributed by atoms with Gasteiger partial charge in [-0.2, -0.15) is 10.4 Å². The van der Waals surface area contributed by atoms with E-state index >= 15 is 0 Å². The molecule has 8 heteroatoms. The van der Waals surface area contributed by atoms with Gasteiger partial charge in [-0.1, -0.05) is 0 Å². The Morgan fingerprint density at radius 3 is 2.80 bits per heavy atom. The molecule has 1 aliphatic rings. The average Bonchev–Trinajstić information content (AvgIpc) is 3.35. The highest BCUT2D eigenvalue weighted by atomic mass is 15.2. The van der Waals surface area contributed by atoms with Crippen molar-refractivity contribution < 1.29 is 0 Å². The molecule has 124 valence electrons. The molecule has 0 radical (unpaired) electrons. The Kier molecular flexibility index (Phi) is 3.96. The lowest BCUT2D eigenvalue weighted by atomic mass is 10.1. The molecule has 4 rings (SSSR count). The zero-order chi connectivity index (χ0) is 17.1. The number of pyridine rings is 1. The van der Waals surface area contributed by atoms with Crippen LogP contribution in [0.3, 0.4) is 0 Å². The zero-order valence-electron chi connectivity index (χ0n) is 13.5. The maximum Gasteiger partial charge on any atom is 0.228 e. The van der Waals surface area contributed by atoms with Crippen LogP contribution >= 0.6 is 0 Å². The molecule has 3 aromatic rings. The van der Waals surface area contributed by atoms with Crippen LogP contribution in [0.5, 0.6) is 0 Å². The summed E-state index contributed by atoms with van der Waals surface area (Å²) in [5.74, 6) is 1.91. The highest BCUT2D eigenvalue weighted by Crippen LogP contribution is 2.26. The topological polar surface area (TPSA) is 106 Å². The number of aromatic amines is 1. The fourth-order valence-electron chi connectivity index (χ4n) is 2.89. The minimum atomic E-state index is 0.448. The quantitative estimate of drug-likeness (QED) is 0.756. The predicted octanol–water partition coefficient (Wildman–Crippen LogP) is 2.48. The first kappa shape index (κ1) is 15.1. The van der Waals surface area contributed by atoms with Gasteiger partial charge >= 0.3 is 0 Å². The van der Waals surface area contributed by atoms with E-state index in [9.17, 15) is 5.26 Å². The third-order valence-electron chi connectivity index (χ3n) is 4.09. The molecule has 0 aromatic carbocycles. The van der Waals surface area contributed by atoms with Crippen LogP contribution in [0.1, 0.15) is 18.4 Å². The first-order valence-electron chi connectivity index (χ1n) is 8.08. The largest absolute Gasteiger partial charge is 0.356 e. The van der Waals surface area contributed by atoms with Crippen molar-refractivity contribution in [2.45, 2.75) is 12.8 Å². The molecule has 0 bridgehead atoms. The summed E-state index contributed by atoms with van der Waals surface area (Å²) in [4.78, 5) is 15.4. The second kappa shape index (κ2) is 6.57. The second-order valence-electron chi connectivity index (χ2n) is 5.76. The number of H-pyrrole nitrogens is 1. The van der Waals surface area contributed by atoms with Crippen LogP contribution in [0, 0.1) is 11.3 Å². The molecule has 25 heavy (non-hydrogen) atoms. The van der Waals surface area contributed by atoms with Crippen LogP contribution in [0.2, 0.25) is 0 Å². The molecular formula is C17H16N8. The van der Waals surface area contributed by atoms with E-state index in [1.807, 2.05) is 6.07 Å². The average molecular weight is 332 g/mol. The van der Waals surface area contributed by atoms with E-state index in [0.29, 0.717) is 23.0 Å². The molecule has 8 nitrogen and oxygen atoms in total. The molecule has 0 amide bonds. The van der Waals surface area contributed by atoms with Crippen LogP contribution < -0.4 is 10.2 Å². The molecule has 0 aliphatic carbocycles. The number of anilines is 3. The van der Waals surface area contributed by atoms with Crippen LogP contribution in [0.15, 0.2) is 36.8 Å². The lowest BCUT2D eigenvalue weighted by Gasteiger charge is -2.17. The number of nitrogens with zero attached hydrogens (tertiary/aromatic N) is 6. The third kappa shape index (κ3) is 3.12. The van der Waals surface area contributed by atoms with Gasteiger partial charge in [0.25, 0.3) is 0 Å². The van der Waals surface area contributed by atoms with Gasteiger partial charge in [0.2, 0.25) is 5.95 Å². The molecule has 4 heterocycles. The lowest BCUT2D eigenvalue weighted by molar-refractivity contribution is 0.934. The fourth-order valence-corrected chi connectivity index (χ4v) is 2.89. The normalized spacial score (nSPS) is 13.6. The molecule has 3 aromatic heterocycles. The first-order valence-corrected chi connectivity index (χ1v) is 8.08. The summed E-state index contributed by atoms with van der Waals surface area (Å²) in [6.45, 7) is 1.90. The minimum Gasteiger partial charge on any atom is -0.356 e. The Morgan fingerprint density at radius 1 is 1.16 bits per heavy atom. The van der Waals surface area contributed by atoms with Crippen molar-refractivity contribution in [3.8, 4) is 17.3 Å². The monoisotopic (exact) mass is 332 g/mol. The zero-order valence-corrected chi connectivity index (χ0v) is 13.5. The summed E-state index contributed by atoms with van der Waals surface area (Å²) in [7, 11) is 0. The van der Waals surface area contributed by atoms with Crippen molar-refractivity contribution in [1.82, 2.24) is 25.1 Å². The summed E-state index contributed by atoms with van der Waals surface area (Å²) < 4.78 is 0. The van der Waals surface area contributed by atoms with Gasteiger partial charge < -0.3 is 10.2 Å². The Hall–Kier alpha value is -3.47. The summed E-state index contributed by atoms with van der Waals surface area (Å²) in [5, 5.41) is 19.2. The van der Waals surface area contributed by atoms with Gasteiger partial charge in [-0.05, 0) is 25.0 Å². The first-order chi connectivity index (χ1) is 12.3. The van der Waals surface area contributed by atoms with E-state index in [0.717, 1.165) is 37.3 Å². The van der Waals surface area contributed by atoms with E-state index in [1.54, 1.807) is 30.7 Å². The highest BCUT2D eigenvalue weighted by Gasteiger charge is 2.18. The van der Waals surface area contributed by atoms with Crippen LogP contribution in [0.4, 0.5) is 17.6 Å². The van der Waals surface area contributed by atoms with Crippen LogP contribution in [-0.4, -0.2) is 38.2 Å². The summed E-state index contributed by atoms with van der Waals surface area (Å²) >= 11 is 0. The number of aromatic nitrogens is 5. The van der Waals surface area contributed by atoms with Gasteiger partial charge in [-0.25, -0.2) is 15.0 Å². The number of rotatable bonds is 4. The maximum atomic E-state index is 9.50. The van der Waals surface area contributed by atoms with E-state index in [4.69, 9.17) is 0 Å². The van der Waals surface area contributed by atoms with Gasteiger partial charge in [0.1, 0.15) is 17.7 Å². The Morgan fingerprint density at radius 2 is 2.04 bits per heavy atom. The number of hydrogen-bond donors (Lipinski definition) is 2. The SMILES string of the molecule is N#Cc1cc(-c2ccnc(Nc3ccn[nH]3)n2)cnc1N1CCCC1.